The molecule has 0 aliphatic rings. The van der Waals surface area contributed by atoms with Crippen LogP contribution in [0, 0.1) is 0 Å². The van der Waals surface area contributed by atoms with Crippen molar-refractivity contribution in [1.82, 2.24) is 5.48 Å². The molecule has 2 unspecified atom stereocenters. The number of nitrogens with one attached hydrogen (secondary N) is 3. The Morgan fingerprint density at radius 3 is 2.29 bits per heavy atom. The van der Waals surface area contributed by atoms with Crippen LogP contribution in [-0.4, -0.2) is 60.2 Å². The molecule has 0 aliphatic carbocycles. The number of amides is 2. The van der Waals surface area contributed by atoms with E-state index >= 15 is 0 Å². The lowest BCUT2D eigenvalue weighted by Crippen LogP contribution is -2.56. The topological polar surface area (TPSA) is 266 Å². The Morgan fingerprint density at radius 2 is 1.63 bits per heavy atom. The molecule has 41 heavy (non-hydrogen) atoms. The van der Waals surface area contributed by atoms with Gasteiger partial charge in [-0.15, -0.1) is 5.48 Å². The van der Waals surface area contributed by atoms with Crippen molar-refractivity contribution >= 4 is 46.9 Å². The molecule has 0 heterocycles. The van der Waals surface area contributed by atoms with Crippen LogP contribution in [0.2, 0.25) is 0 Å². The first-order valence-corrected chi connectivity index (χ1v) is 12.1. The number of carbonyl (C=O) groups is 5. The lowest BCUT2D eigenvalue weighted by molar-refractivity contribution is -0.162. The Kier molecular flexibility index (Phi) is 12.2. The number of para-hydroxylation sites is 3. The third-order valence-electron chi connectivity index (χ3n) is 5.30. The predicted molar refractivity (Wildman–Crippen MR) is 146 cm³/mol. The molecule has 0 saturated carbocycles. The molecule has 0 aliphatic heterocycles. The first-order chi connectivity index (χ1) is 19.4. The molecule has 2 aromatic carbocycles. The Bertz CT molecular complexity index is 1270. The highest BCUT2D eigenvalue weighted by Gasteiger charge is 2.41. The highest BCUT2D eigenvalue weighted by atomic mass is 16.7. The van der Waals surface area contributed by atoms with Crippen LogP contribution in [0.25, 0.3) is 0 Å². The van der Waals surface area contributed by atoms with Gasteiger partial charge in [-0.1, -0.05) is 30.3 Å². The number of nitrogens with zero attached hydrogens (tertiary/aromatic N) is 1. The van der Waals surface area contributed by atoms with E-state index in [2.05, 4.69) is 21.3 Å². The standard InChI is InChI=1S/C25H32N8O8/c1-15(34)25(29,11-12-39-33-24(27)28)23(38)41-30-14-21(36)40-19-10-6-5-9-18(19)32-20(35)13-17(26)22(37)31-16-7-3-2-4-8-16/h2-10,17,30H,11-14,26,29H2,1H3,(H,31,37)(H,32,35)(H4,27,28,33). The Labute approximate surface area is 234 Å². The fourth-order valence-electron chi connectivity index (χ4n) is 3.07. The van der Waals surface area contributed by atoms with E-state index in [1.165, 1.54) is 12.1 Å². The fraction of sp³-hybridized carbons (Fsp3) is 0.280. The summed E-state index contributed by atoms with van der Waals surface area (Å²) in [6.45, 7) is 0.150. The number of hydrogen-bond donors (Lipinski definition) is 7. The van der Waals surface area contributed by atoms with Crippen molar-refractivity contribution in [3.63, 3.8) is 0 Å². The molecule has 0 bridgehead atoms. The van der Waals surface area contributed by atoms with E-state index in [0.29, 0.717) is 5.69 Å². The average Bonchev–Trinajstić information content (AvgIpc) is 2.92. The normalized spacial score (nSPS) is 12.6. The monoisotopic (exact) mass is 572 g/mol. The van der Waals surface area contributed by atoms with Gasteiger partial charge in [0.05, 0.1) is 18.2 Å². The van der Waals surface area contributed by atoms with Crippen molar-refractivity contribution in [2.75, 3.05) is 23.8 Å². The minimum Gasteiger partial charge on any atom is -0.423 e. The van der Waals surface area contributed by atoms with Gasteiger partial charge < -0.3 is 48.0 Å². The van der Waals surface area contributed by atoms with E-state index in [9.17, 15) is 24.0 Å². The molecule has 16 heteroatoms. The Balaban J connectivity index is 1.87. The zero-order valence-electron chi connectivity index (χ0n) is 22.1. The van der Waals surface area contributed by atoms with Gasteiger partial charge in [-0.05, 0) is 36.3 Å². The van der Waals surface area contributed by atoms with Crippen LogP contribution in [-0.2, 0) is 33.6 Å². The highest BCUT2D eigenvalue weighted by Crippen LogP contribution is 2.24. The number of Topliss-reactive ketones (excluding diaryl/α,β-unsaturated/α-hetero) is 1. The molecule has 2 atom stereocenters. The highest BCUT2D eigenvalue weighted by molar-refractivity contribution is 6.07. The maximum absolute atomic E-state index is 12.5. The number of oxime groups is 1. The molecule has 2 aromatic rings. The van der Waals surface area contributed by atoms with Gasteiger partial charge in [0.2, 0.25) is 17.8 Å². The molecule has 0 spiro atoms. The lowest BCUT2D eigenvalue weighted by atomic mass is 9.93. The van der Waals surface area contributed by atoms with Gasteiger partial charge in [0.15, 0.2) is 17.1 Å². The van der Waals surface area contributed by atoms with Crippen molar-refractivity contribution in [2.24, 2.45) is 28.1 Å². The van der Waals surface area contributed by atoms with E-state index in [0.717, 1.165) is 6.92 Å². The molecule has 0 saturated heterocycles. The average molecular weight is 573 g/mol. The molecule has 11 N–H and O–H groups in total. The van der Waals surface area contributed by atoms with E-state index < -0.39 is 47.7 Å². The number of benzene rings is 2. The maximum Gasteiger partial charge on any atom is 0.352 e. The quantitative estimate of drug-likeness (QED) is 0.0252. The molecule has 0 radical (unpaired) electrons. The molecule has 2 amide bonds. The third-order valence-corrected chi connectivity index (χ3v) is 5.30. The van der Waals surface area contributed by atoms with Gasteiger partial charge in [0.1, 0.15) is 13.2 Å². The molecular weight excluding hydrogens is 540 g/mol. The molecule has 220 valence electrons. The second-order valence-electron chi connectivity index (χ2n) is 8.52. The number of hydrogen-bond acceptors (Lipinski definition) is 12. The molecule has 0 aromatic heterocycles. The minimum absolute atomic E-state index is 0.0323. The van der Waals surface area contributed by atoms with Crippen molar-refractivity contribution in [3.05, 3.63) is 54.6 Å². The lowest BCUT2D eigenvalue weighted by Gasteiger charge is -2.23. The van der Waals surface area contributed by atoms with Crippen LogP contribution in [0.1, 0.15) is 19.8 Å². The Morgan fingerprint density at radius 1 is 0.976 bits per heavy atom. The van der Waals surface area contributed by atoms with E-state index in [-0.39, 0.29) is 36.8 Å². The smallest absolute Gasteiger partial charge is 0.352 e. The number of anilines is 2. The summed E-state index contributed by atoms with van der Waals surface area (Å²) >= 11 is 0. The van der Waals surface area contributed by atoms with E-state index in [4.69, 9.17) is 37.3 Å². The molecular formula is C25H32N8O8. The van der Waals surface area contributed by atoms with Crippen molar-refractivity contribution < 1.29 is 38.4 Å². The van der Waals surface area contributed by atoms with Gasteiger partial charge >= 0.3 is 11.9 Å². The fourth-order valence-corrected chi connectivity index (χ4v) is 3.07. The van der Waals surface area contributed by atoms with Crippen molar-refractivity contribution in [2.45, 2.75) is 31.3 Å². The summed E-state index contributed by atoms with van der Waals surface area (Å²) in [4.78, 5) is 70.9. The second-order valence-corrected chi connectivity index (χ2v) is 8.52. The van der Waals surface area contributed by atoms with Crippen LogP contribution in [0.3, 0.4) is 0 Å². The van der Waals surface area contributed by atoms with Crippen LogP contribution in [0.5, 0.6) is 5.75 Å². The van der Waals surface area contributed by atoms with Gasteiger partial charge in [-0.25, -0.2) is 4.79 Å². The first kappa shape index (κ1) is 32.2. The molecule has 2 rings (SSSR count). The molecule has 0 fully saturated rings. The summed E-state index contributed by atoms with van der Waals surface area (Å²) in [6, 6.07) is 13.4. The van der Waals surface area contributed by atoms with Crippen LogP contribution in [0.15, 0.2) is 59.8 Å². The van der Waals surface area contributed by atoms with Gasteiger partial charge in [-0.2, -0.15) is 0 Å². The number of guanidine groups is 1. The summed E-state index contributed by atoms with van der Waals surface area (Å²) in [5.74, 6) is -4.40. The van der Waals surface area contributed by atoms with Gasteiger partial charge in [0.25, 0.3) is 0 Å². The van der Waals surface area contributed by atoms with Crippen LogP contribution >= 0.6 is 0 Å². The number of ketones is 1. The largest absolute Gasteiger partial charge is 0.423 e. The number of ether oxygens (including phenoxy) is 1. The zero-order chi connectivity index (χ0) is 30.4. The maximum atomic E-state index is 12.5. The zero-order valence-corrected chi connectivity index (χ0v) is 22.1. The van der Waals surface area contributed by atoms with Crippen molar-refractivity contribution in [1.29, 1.82) is 0 Å². The number of hydroxylamine groups is 1. The minimum atomic E-state index is -2.11. The predicted octanol–water partition coefficient (Wildman–Crippen LogP) is -1.18. The number of nitrogens with two attached hydrogens (primary N) is 4. The van der Waals surface area contributed by atoms with E-state index in [1.54, 1.807) is 42.5 Å². The molecule has 16 nitrogen and oxygen atoms in total. The van der Waals surface area contributed by atoms with Crippen LogP contribution < -0.4 is 43.8 Å². The summed E-state index contributed by atoms with van der Waals surface area (Å²) in [5, 5.41) is 8.40. The van der Waals surface area contributed by atoms with Crippen LogP contribution in [0.4, 0.5) is 11.4 Å². The summed E-state index contributed by atoms with van der Waals surface area (Å²) in [7, 11) is 0. The number of rotatable bonds is 15. The third kappa shape index (κ3) is 10.6. The van der Waals surface area contributed by atoms with Crippen molar-refractivity contribution in [3.8, 4) is 5.75 Å². The summed E-state index contributed by atoms with van der Waals surface area (Å²) < 4.78 is 5.22. The summed E-state index contributed by atoms with van der Waals surface area (Å²) in [6.07, 6.45) is -0.679. The van der Waals surface area contributed by atoms with Gasteiger partial charge in [-0.3, -0.25) is 19.2 Å². The number of carbonyl (C=O) groups excluding carboxylic acids is 5. The number of esters is 1. The van der Waals surface area contributed by atoms with E-state index in [1.807, 2.05) is 0 Å². The first-order valence-electron chi connectivity index (χ1n) is 12.1. The SMILES string of the molecule is CC(=O)C(N)(CCON=C(N)N)C(=O)ONCC(=O)Oc1ccccc1NC(=O)CC(N)C(=O)Nc1ccccc1. The second kappa shape index (κ2) is 15.5. The summed E-state index contributed by atoms with van der Waals surface area (Å²) in [5.41, 5.74) is 22.6. The Hall–Kier alpha value is -5.06. The van der Waals surface area contributed by atoms with Gasteiger partial charge in [0, 0.05) is 12.1 Å².